The highest BCUT2D eigenvalue weighted by molar-refractivity contribution is 14.1. The van der Waals surface area contributed by atoms with Gasteiger partial charge in [0, 0.05) is 18.1 Å². The maximum absolute atomic E-state index is 3.49. The smallest absolute Gasteiger partial charge is 0.0742 e. The highest BCUT2D eigenvalue weighted by Gasteiger charge is 2.08. The van der Waals surface area contributed by atoms with Crippen LogP contribution in [0, 0.1) is 3.57 Å². The third kappa shape index (κ3) is 1.91. The molecule has 0 saturated heterocycles. The molecule has 0 bridgehead atoms. The Kier molecular flexibility index (Phi) is 3.22. The number of halogens is 2. The second-order valence-electron chi connectivity index (χ2n) is 2.55. The lowest BCUT2D eigenvalue weighted by Crippen LogP contribution is -1.68. The molecule has 0 aliphatic carbocycles. The zero-order valence-corrected chi connectivity index (χ0v) is 12.2. The Bertz CT molecular complexity index is 450. The van der Waals surface area contributed by atoms with Crippen molar-refractivity contribution in [1.29, 1.82) is 0 Å². The molecule has 0 saturated carbocycles. The van der Waals surface area contributed by atoms with Crippen LogP contribution in [0.1, 0.15) is 0 Å². The van der Waals surface area contributed by atoms with Crippen LogP contribution in [0.25, 0.3) is 10.1 Å². The minimum absolute atomic E-state index is 1.16. The van der Waals surface area contributed by atoms with Gasteiger partial charge in [-0.1, -0.05) is 22.0 Å². The predicted molar refractivity (Wildman–Crippen MR) is 74.0 cm³/mol. The first-order chi connectivity index (χ1) is 6.22. The van der Waals surface area contributed by atoms with Crippen LogP contribution in [0.3, 0.4) is 0 Å². The predicted octanol–water partition coefficient (Wildman–Crippen LogP) is 4.99. The van der Waals surface area contributed by atoms with Crippen molar-refractivity contribution in [3.8, 4) is 0 Å². The monoisotopic (exact) mass is 384 g/mol. The van der Waals surface area contributed by atoms with E-state index in [1.807, 2.05) is 23.1 Å². The Hall–Kier alpha value is 0.740. The van der Waals surface area contributed by atoms with Gasteiger partial charge in [-0.05, 0) is 41.0 Å². The number of thiophene rings is 1. The molecule has 0 amide bonds. The molecule has 0 spiro atoms. The normalized spacial score (nSPS) is 11.0. The van der Waals surface area contributed by atoms with Crippen LogP contribution in [0.2, 0.25) is 0 Å². The maximum Gasteiger partial charge on any atom is 0.0742 e. The molecule has 1 aromatic carbocycles. The molecular weight excluding hydrogens is 379 g/mol. The second kappa shape index (κ2) is 4.08. The fourth-order valence-electron chi connectivity index (χ4n) is 1.15. The first kappa shape index (κ1) is 10.3. The molecule has 1 aromatic heterocycles. The topological polar surface area (TPSA) is 0 Å². The minimum Gasteiger partial charge on any atom is -0.128 e. The number of benzene rings is 1. The van der Waals surface area contributed by atoms with Crippen molar-refractivity contribution in [2.45, 2.75) is 4.21 Å². The summed E-state index contributed by atoms with van der Waals surface area (Å²) in [5.74, 6) is 0. The molecule has 13 heavy (non-hydrogen) atoms. The summed E-state index contributed by atoms with van der Waals surface area (Å²) in [6, 6.07) is 6.46. The van der Waals surface area contributed by atoms with Gasteiger partial charge in [0.1, 0.15) is 0 Å². The molecule has 4 heteroatoms. The van der Waals surface area contributed by atoms with Crippen molar-refractivity contribution in [1.82, 2.24) is 0 Å². The second-order valence-corrected chi connectivity index (χ2v) is 6.67. The van der Waals surface area contributed by atoms with Gasteiger partial charge < -0.3 is 0 Å². The highest BCUT2D eigenvalue weighted by atomic mass is 127. The zero-order chi connectivity index (χ0) is 9.42. The molecular formula is C9H6BrIS2. The number of thioether (sulfide) groups is 1. The van der Waals surface area contributed by atoms with E-state index in [9.17, 15) is 0 Å². The number of hydrogen-bond acceptors (Lipinski definition) is 2. The summed E-state index contributed by atoms with van der Waals surface area (Å²) < 4.78 is 5.32. The SMILES string of the molecule is CSc1sc2cc(Br)ccc2c1I. The van der Waals surface area contributed by atoms with E-state index < -0.39 is 0 Å². The van der Waals surface area contributed by atoms with Crippen molar-refractivity contribution in [3.63, 3.8) is 0 Å². The van der Waals surface area contributed by atoms with E-state index in [1.54, 1.807) is 0 Å². The Labute approximate surface area is 107 Å². The quantitative estimate of drug-likeness (QED) is 0.493. The Morgan fingerprint density at radius 1 is 1.46 bits per heavy atom. The van der Waals surface area contributed by atoms with E-state index in [1.165, 1.54) is 17.9 Å². The Morgan fingerprint density at radius 2 is 2.23 bits per heavy atom. The van der Waals surface area contributed by atoms with Crippen molar-refractivity contribution in [2.24, 2.45) is 0 Å². The van der Waals surface area contributed by atoms with Crippen LogP contribution in [0.15, 0.2) is 26.9 Å². The number of fused-ring (bicyclic) bond motifs is 1. The molecule has 1 heterocycles. The van der Waals surface area contributed by atoms with E-state index in [2.05, 4.69) is 63.0 Å². The summed E-state index contributed by atoms with van der Waals surface area (Å²) in [6.07, 6.45) is 2.13. The lowest BCUT2D eigenvalue weighted by atomic mass is 10.3. The third-order valence-electron chi connectivity index (χ3n) is 1.75. The molecule has 0 fully saturated rings. The first-order valence-electron chi connectivity index (χ1n) is 3.64. The summed E-state index contributed by atoms with van der Waals surface area (Å²) in [6.45, 7) is 0. The minimum atomic E-state index is 1.16. The van der Waals surface area contributed by atoms with Crippen molar-refractivity contribution in [2.75, 3.05) is 6.26 Å². The zero-order valence-electron chi connectivity index (χ0n) is 6.80. The molecule has 0 unspecified atom stereocenters. The average molecular weight is 385 g/mol. The summed E-state index contributed by atoms with van der Waals surface area (Å²) in [4.78, 5) is 0. The lowest BCUT2D eigenvalue weighted by molar-refractivity contribution is 1.66. The average Bonchev–Trinajstić information content (AvgIpc) is 2.42. The highest BCUT2D eigenvalue weighted by Crippen LogP contribution is 2.38. The van der Waals surface area contributed by atoms with E-state index in [-0.39, 0.29) is 0 Å². The molecule has 68 valence electrons. The van der Waals surface area contributed by atoms with Gasteiger partial charge in [0.25, 0.3) is 0 Å². The van der Waals surface area contributed by atoms with Gasteiger partial charge in [0.15, 0.2) is 0 Å². The molecule has 0 radical (unpaired) electrons. The molecule has 2 rings (SSSR count). The van der Waals surface area contributed by atoms with E-state index >= 15 is 0 Å². The fraction of sp³-hybridized carbons (Fsp3) is 0.111. The van der Waals surface area contributed by atoms with Crippen LogP contribution < -0.4 is 0 Å². The first-order valence-corrected chi connectivity index (χ1v) is 7.55. The molecule has 2 aromatic rings. The third-order valence-corrected chi connectivity index (χ3v) is 6.37. The number of rotatable bonds is 1. The van der Waals surface area contributed by atoms with Gasteiger partial charge in [-0.15, -0.1) is 23.1 Å². The maximum atomic E-state index is 3.49. The lowest BCUT2D eigenvalue weighted by Gasteiger charge is -1.91. The Morgan fingerprint density at radius 3 is 2.92 bits per heavy atom. The van der Waals surface area contributed by atoms with Gasteiger partial charge >= 0.3 is 0 Å². The van der Waals surface area contributed by atoms with Crippen molar-refractivity contribution in [3.05, 3.63) is 26.2 Å². The van der Waals surface area contributed by atoms with Crippen molar-refractivity contribution < 1.29 is 0 Å². The molecule has 0 aliphatic heterocycles. The van der Waals surface area contributed by atoms with Crippen molar-refractivity contribution >= 4 is 71.7 Å². The molecule has 0 N–H and O–H groups in total. The summed E-state index contributed by atoms with van der Waals surface area (Å²) >= 11 is 9.59. The Balaban J connectivity index is 2.76. The van der Waals surface area contributed by atoms with Crippen LogP contribution in [-0.4, -0.2) is 6.26 Å². The summed E-state index contributed by atoms with van der Waals surface area (Å²) in [7, 11) is 0. The van der Waals surface area contributed by atoms with Gasteiger partial charge in [-0.3, -0.25) is 0 Å². The standard InChI is InChI=1S/C9H6BrIS2/c1-12-9-8(11)6-3-2-5(10)4-7(6)13-9/h2-4H,1H3. The summed E-state index contributed by atoms with van der Waals surface area (Å²) in [5.41, 5.74) is 0. The van der Waals surface area contributed by atoms with Gasteiger partial charge in [0.05, 0.1) is 4.21 Å². The van der Waals surface area contributed by atoms with Crippen LogP contribution in [0.5, 0.6) is 0 Å². The van der Waals surface area contributed by atoms with E-state index in [4.69, 9.17) is 0 Å². The van der Waals surface area contributed by atoms with Gasteiger partial charge in [0.2, 0.25) is 0 Å². The molecule has 0 atom stereocenters. The van der Waals surface area contributed by atoms with Gasteiger partial charge in [-0.25, -0.2) is 0 Å². The number of hydrogen-bond donors (Lipinski definition) is 0. The van der Waals surface area contributed by atoms with Crippen LogP contribution in [-0.2, 0) is 0 Å². The van der Waals surface area contributed by atoms with Crippen LogP contribution >= 0.6 is 61.6 Å². The van der Waals surface area contributed by atoms with E-state index in [0.29, 0.717) is 0 Å². The largest absolute Gasteiger partial charge is 0.128 e. The molecule has 0 aliphatic rings. The van der Waals surface area contributed by atoms with E-state index in [0.717, 1.165) is 4.47 Å². The summed E-state index contributed by atoms with van der Waals surface area (Å²) in [5, 5.41) is 1.37. The van der Waals surface area contributed by atoms with Gasteiger partial charge in [-0.2, -0.15) is 0 Å². The fourth-order valence-corrected chi connectivity index (χ4v) is 5.06. The molecule has 0 nitrogen and oxygen atoms in total. The van der Waals surface area contributed by atoms with Crippen LogP contribution in [0.4, 0.5) is 0 Å².